The Morgan fingerprint density at radius 2 is 2.00 bits per heavy atom. The SMILES string of the molecule is CC(C)(C)OC(=O)N1CCN2C(NCCC(F)(F)F)=NCC2C1.I. The minimum absolute atomic E-state index is 0. The number of carbonyl (C=O) groups is 1. The highest BCUT2D eigenvalue weighted by Gasteiger charge is 2.36. The first-order valence-electron chi connectivity index (χ1n) is 7.65. The minimum atomic E-state index is -4.18. The molecule has 1 unspecified atom stereocenters. The monoisotopic (exact) mass is 464 g/mol. The lowest BCUT2D eigenvalue weighted by Gasteiger charge is -2.39. The van der Waals surface area contributed by atoms with Crippen molar-refractivity contribution in [3.8, 4) is 0 Å². The Morgan fingerprint density at radius 1 is 1.33 bits per heavy atom. The maximum atomic E-state index is 12.2. The lowest BCUT2D eigenvalue weighted by molar-refractivity contribution is -0.132. The molecule has 1 N–H and O–H groups in total. The van der Waals surface area contributed by atoms with Gasteiger partial charge in [-0.2, -0.15) is 13.2 Å². The van der Waals surface area contributed by atoms with Gasteiger partial charge in [-0.1, -0.05) is 0 Å². The zero-order valence-electron chi connectivity index (χ0n) is 14.0. The number of hydrogen-bond donors (Lipinski definition) is 1. The number of ether oxygens (including phenoxy) is 1. The Hall–Kier alpha value is -0.940. The molecule has 140 valence electrons. The lowest BCUT2D eigenvalue weighted by atomic mass is 10.2. The fraction of sp³-hybridized carbons (Fsp3) is 0.857. The largest absolute Gasteiger partial charge is 0.444 e. The number of carbonyl (C=O) groups excluding carboxylic acids is 1. The Morgan fingerprint density at radius 3 is 2.58 bits per heavy atom. The summed E-state index contributed by atoms with van der Waals surface area (Å²) < 4.78 is 41.9. The topological polar surface area (TPSA) is 57.2 Å². The molecule has 24 heavy (non-hydrogen) atoms. The fourth-order valence-electron chi connectivity index (χ4n) is 2.54. The van der Waals surface area contributed by atoms with Crippen LogP contribution in [0.1, 0.15) is 27.2 Å². The standard InChI is InChI=1S/C14H23F3N4O2.HI/c1-13(2,3)23-12(22)20-6-7-21-10(9-20)8-19-11(21)18-5-4-14(15,16)17;/h10H,4-9H2,1-3H3,(H,18,19);1H. The van der Waals surface area contributed by atoms with E-state index in [-0.39, 0.29) is 42.7 Å². The molecule has 0 aliphatic carbocycles. The van der Waals surface area contributed by atoms with E-state index >= 15 is 0 Å². The summed E-state index contributed by atoms with van der Waals surface area (Å²) in [5.41, 5.74) is -0.551. The summed E-state index contributed by atoms with van der Waals surface area (Å²) in [5.74, 6) is 0.489. The van der Waals surface area contributed by atoms with Crippen LogP contribution in [0.2, 0.25) is 0 Å². The van der Waals surface area contributed by atoms with Gasteiger partial charge in [-0.25, -0.2) is 4.79 Å². The molecule has 1 fully saturated rings. The van der Waals surface area contributed by atoms with Gasteiger partial charge in [0.1, 0.15) is 5.60 Å². The molecule has 0 aromatic heterocycles. The first kappa shape index (κ1) is 21.1. The quantitative estimate of drug-likeness (QED) is 0.639. The molecule has 2 rings (SSSR count). The van der Waals surface area contributed by atoms with Crippen LogP contribution in [0.3, 0.4) is 0 Å². The van der Waals surface area contributed by atoms with Crippen LogP contribution in [0.25, 0.3) is 0 Å². The fourth-order valence-corrected chi connectivity index (χ4v) is 2.54. The summed E-state index contributed by atoms with van der Waals surface area (Å²) in [7, 11) is 0. The lowest BCUT2D eigenvalue weighted by Crippen LogP contribution is -2.57. The zero-order valence-corrected chi connectivity index (χ0v) is 16.4. The third kappa shape index (κ3) is 6.17. The molecule has 0 saturated carbocycles. The van der Waals surface area contributed by atoms with Gasteiger partial charge >= 0.3 is 12.3 Å². The first-order chi connectivity index (χ1) is 10.6. The second-order valence-electron chi connectivity index (χ2n) is 6.73. The molecule has 2 aliphatic heterocycles. The normalized spacial score (nSPS) is 20.9. The molecule has 0 aromatic carbocycles. The molecule has 1 amide bonds. The van der Waals surface area contributed by atoms with Crippen molar-refractivity contribution in [2.45, 2.75) is 45.0 Å². The van der Waals surface area contributed by atoms with Crippen LogP contribution in [-0.2, 0) is 4.74 Å². The van der Waals surface area contributed by atoms with Gasteiger partial charge in [0.15, 0.2) is 5.96 Å². The molecule has 0 bridgehead atoms. The van der Waals surface area contributed by atoms with Gasteiger partial charge in [0, 0.05) is 26.2 Å². The summed E-state index contributed by atoms with van der Waals surface area (Å²) >= 11 is 0. The number of guanidine groups is 1. The molecule has 1 atom stereocenters. The predicted octanol–water partition coefficient (Wildman–Crippen LogP) is 2.44. The number of halogens is 4. The minimum Gasteiger partial charge on any atom is -0.444 e. The maximum Gasteiger partial charge on any atom is 0.410 e. The van der Waals surface area contributed by atoms with Crippen LogP contribution in [-0.4, -0.2) is 72.4 Å². The Balaban J connectivity index is 0.00000288. The van der Waals surface area contributed by atoms with Gasteiger partial charge in [-0.15, -0.1) is 24.0 Å². The van der Waals surface area contributed by atoms with Crippen LogP contribution in [0.4, 0.5) is 18.0 Å². The summed E-state index contributed by atoms with van der Waals surface area (Å²) in [5, 5.41) is 2.74. The molecular formula is C14H24F3IN4O2. The van der Waals surface area contributed by atoms with Crippen molar-refractivity contribution in [3.63, 3.8) is 0 Å². The third-order valence-corrected chi connectivity index (χ3v) is 3.55. The van der Waals surface area contributed by atoms with Gasteiger partial charge in [-0.05, 0) is 20.8 Å². The molecule has 0 aromatic rings. The predicted molar refractivity (Wildman–Crippen MR) is 94.7 cm³/mol. The average Bonchev–Trinajstić information content (AvgIpc) is 2.78. The van der Waals surface area contributed by atoms with Crippen molar-refractivity contribution in [1.82, 2.24) is 15.1 Å². The highest BCUT2D eigenvalue weighted by atomic mass is 127. The molecule has 0 spiro atoms. The van der Waals surface area contributed by atoms with E-state index in [4.69, 9.17) is 4.74 Å². The number of hydrogen-bond acceptors (Lipinski definition) is 5. The van der Waals surface area contributed by atoms with E-state index in [2.05, 4.69) is 10.3 Å². The highest BCUT2D eigenvalue weighted by molar-refractivity contribution is 14.0. The third-order valence-electron chi connectivity index (χ3n) is 3.55. The van der Waals surface area contributed by atoms with Gasteiger partial charge in [-0.3, -0.25) is 4.99 Å². The number of alkyl halides is 3. The van der Waals surface area contributed by atoms with Crippen molar-refractivity contribution in [3.05, 3.63) is 0 Å². The van der Waals surface area contributed by atoms with Gasteiger partial charge in [0.2, 0.25) is 0 Å². The second-order valence-corrected chi connectivity index (χ2v) is 6.73. The van der Waals surface area contributed by atoms with E-state index in [0.29, 0.717) is 32.1 Å². The van der Waals surface area contributed by atoms with E-state index in [1.54, 1.807) is 4.90 Å². The van der Waals surface area contributed by atoms with Crippen molar-refractivity contribution in [2.24, 2.45) is 4.99 Å². The Bertz CT molecular complexity index is 480. The van der Waals surface area contributed by atoms with E-state index in [9.17, 15) is 18.0 Å². The van der Waals surface area contributed by atoms with Crippen molar-refractivity contribution in [2.75, 3.05) is 32.7 Å². The van der Waals surface area contributed by atoms with Crippen molar-refractivity contribution in [1.29, 1.82) is 0 Å². The number of nitrogens with zero attached hydrogens (tertiary/aromatic N) is 3. The van der Waals surface area contributed by atoms with Crippen LogP contribution in [0.5, 0.6) is 0 Å². The van der Waals surface area contributed by atoms with Crippen LogP contribution in [0, 0.1) is 0 Å². The average molecular weight is 464 g/mol. The summed E-state index contributed by atoms with van der Waals surface area (Å²) in [4.78, 5) is 19.9. The van der Waals surface area contributed by atoms with Crippen molar-refractivity contribution < 1.29 is 22.7 Å². The molecular weight excluding hydrogens is 440 g/mol. The molecule has 10 heteroatoms. The Labute approximate surface area is 156 Å². The van der Waals surface area contributed by atoms with E-state index in [1.807, 2.05) is 25.7 Å². The summed E-state index contributed by atoms with van der Waals surface area (Å²) in [6, 6.07) is -0.00958. The number of amides is 1. The number of rotatable bonds is 2. The van der Waals surface area contributed by atoms with Crippen LogP contribution < -0.4 is 5.32 Å². The molecule has 2 heterocycles. The highest BCUT2D eigenvalue weighted by Crippen LogP contribution is 2.20. The number of piperazine rings is 1. The first-order valence-corrected chi connectivity index (χ1v) is 7.65. The number of fused-ring (bicyclic) bond motifs is 1. The summed E-state index contributed by atoms with van der Waals surface area (Å²) in [6.45, 7) is 7.15. The van der Waals surface area contributed by atoms with E-state index in [1.165, 1.54) is 0 Å². The maximum absolute atomic E-state index is 12.2. The summed E-state index contributed by atoms with van der Waals surface area (Å²) in [6.07, 6.45) is -5.44. The smallest absolute Gasteiger partial charge is 0.410 e. The Kier molecular flexibility index (Phi) is 7.00. The van der Waals surface area contributed by atoms with Gasteiger partial charge in [0.25, 0.3) is 0 Å². The molecule has 6 nitrogen and oxygen atoms in total. The number of aliphatic imine (C=N–C) groups is 1. The van der Waals surface area contributed by atoms with Gasteiger partial charge in [0.05, 0.1) is 19.0 Å². The van der Waals surface area contributed by atoms with Gasteiger partial charge < -0.3 is 19.9 Å². The number of nitrogens with one attached hydrogen (secondary N) is 1. The molecule has 0 radical (unpaired) electrons. The van der Waals surface area contributed by atoms with E-state index < -0.39 is 18.2 Å². The molecule has 1 saturated heterocycles. The van der Waals surface area contributed by atoms with Crippen LogP contribution in [0.15, 0.2) is 4.99 Å². The molecule has 2 aliphatic rings. The van der Waals surface area contributed by atoms with Crippen LogP contribution >= 0.6 is 24.0 Å². The zero-order chi connectivity index (χ0) is 17.3. The second kappa shape index (κ2) is 7.96. The van der Waals surface area contributed by atoms with Crippen molar-refractivity contribution >= 4 is 36.0 Å². The van der Waals surface area contributed by atoms with E-state index in [0.717, 1.165) is 0 Å².